The van der Waals surface area contributed by atoms with Gasteiger partial charge in [-0.1, -0.05) is 60.7 Å². The van der Waals surface area contributed by atoms with E-state index < -0.39 is 16.1 Å². The van der Waals surface area contributed by atoms with Gasteiger partial charge in [0.1, 0.15) is 12.4 Å². The highest BCUT2D eigenvalue weighted by Gasteiger charge is 2.35. The summed E-state index contributed by atoms with van der Waals surface area (Å²) in [5, 5.41) is 2.77. The molecular weight excluding hydrogens is 412 g/mol. The fourth-order valence-corrected chi connectivity index (χ4v) is 5.26. The standard InChI is InChI=1S/C24H24N2O4S/c27-24-17-23(20-9-5-2-6-10-20)26(16-15-25-24)31(28,29)22-13-11-21(12-14-22)30-18-19-7-3-1-4-8-19/h1-14,23H,15-18H2,(H,25,27). The zero-order valence-corrected chi connectivity index (χ0v) is 17.8. The molecule has 1 unspecified atom stereocenters. The van der Waals surface area contributed by atoms with Gasteiger partial charge in [0.15, 0.2) is 0 Å². The largest absolute Gasteiger partial charge is 0.489 e. The molecule has 0 aromatic heterocycles. The van der Waals surface area contributed by atoms with Crippen LogP contribution in [0, 0.1) is 0 Å². The van der Waals surface area contributed by atoms with Crippen molar-refractivity contribution in [3.8, 4) is 5.75 Å². The number of carbonyl (C=O) groups excluding carboxylic acids is 1. The third kappa shape index (κ3) is 4.95. The van der Waals surface area contributed by atoms with Crippen LogP contribution in [-0.4, -0.2) is 31.7 Å². The Morgan fingerprint density at radius 3 is 2.23 bits per heavy atom. The zero-order valence-electron chi connectivity index (χ0n) is 17.0. The second-order valence-corrected chi connectivity index (χ2v) is 9.23. The number of hydrogen-bond donors (Lipinski definition) is 1. The van der Waals surface area contributed by atoms with Crippen LogP contribution in [-0.2, 0) is 21.4 Å². The minimum atomic E-state index is -3.80. The first-order valence-corrected chi connectivity index (χ1v) is 11.6. The molecule has 4 rings (SSSR count). The van der Waals surface area contributed by atoms with E-state index in [4.69, 9.17) is 4.74 Å². The Labute approximate surface area is 182 Å². The Morgan fingerprint density at radius 1 is 0.903 bits per heavy atom. The molecule has 0 bridgehead atoms. The number of hydrogen-bond acceptors (Lipinski definition) is 4. The summed E-state index contributed by atoms with van der Waals surface area (Å²) in [7, 11) is -3.80. The summed E-state index contributed by atoms with van der Waals surface area (Å²) in [6.45, 7) is 0.891. The highest BCUT2D eigenvalue weighted by molar-refractivity contribution is 7.89. The van der Waals surface area contributed by atoms with Crippen LogP contribution in [0.2, 0.25) is 0 Å². The van der Waals surface area contributed by atoms with Crippen LogP contribution in [0.1, 0.15) is 23.6 Å². The molecule has 0 saturated carbocycles. The molecule has 3 aromatic carbocycles. The molecule has 160 valence electrons. The van der Waals surface area contributed by atoms with Crippen molar-refractivity contribution < 1.29 is 17.9 Å². The molecule has 1 heterocycles. The number of rotatable bonds is 6. The van der Waals surface area contributed by atoms with Gasteiger partial charge in [-0.2, -0.15) is 4.31 Å². The minimum Gasteiger partial charge on any atom is -0.489 e. The van der Waals surface area contributed by atoms with Crippen molar-refractivity contribution in [3.05, 3.63) is 96.1 Å². The lowest BCUT2D eigenvalue weighted by atomic mass is 10.0. The van der Waals surface area contributed by atoms with Crippen molar-refractivity contribution in [3.63, 3.8) is 0 Å². The van der Waals surface area contributed by atoms with E-state index in [0.29, 0.717) is 12.4 Å². The van der Waals surface area contributed by atoms with Crippen LogP contribution in [0.3, 0.4) is 0 Å². The Hall–Kier alpha value is -3.16. The first kappa shape index (κ1) is 21.1. The minimum absolute atomic E-state index is 0.0848. The third-order valence-corrected chi connectivity index (χ3v) is 7.17. The second kappa shape index (κ2) is 9.32. The second-order valence-electron chi connectivity index (χ2n) is 7.34. The predicted octanol–water partition coefficient (Wildman–Crippen LogP) is 3.52. The molecule has 3 aromatic rings. The maximum atomic E-state index is 13.5. The fraction of sp³-hybridized carbons (Fsp3) is 0.208. The normalized spacial score (nSPS) is 17.5. The van der Waals surface area contributed by atoms with Crippen molar-refractivity contribution in [2.24, 2.45) is 0 Å². The first-order valence-electron chi connectivity index (χ1n) is 10.1. The van der Waals surface area contributed by atoms with Crippen LogP contribution < -0.4 is 10.1 Å². The van der Waals surface area contributed by atoms with Crippen LogP contribution in [0.4, 0.5) is 0 Å². The Bertz CT molecular complexity index is 1120. The number of nitrogens with zero attached hydrogens (tertiary/aromatic N) is 1. The third-order valence-electron chi connectivity index (χ3n) is 5.24. The van der Waals surface area contributed by atoms with E-state index in [1.54, 1.807) is 24.3 Å². The lowest BCUT2D eigenvalue weighted by molar-refractivity contribution is -0.121. The highest BCUT2D eigenvalue weighted by Crippen LogP contribution is 2.31. The molecule has 1 aliphatic heterocycles. The van der Waals surface area contributed by atoms with Crippen LogP contribution >= 0.6 is 0 Å². The van der Waals surface area contributed by atoms with Gasteiger partial charge in [0.2, 0.25) is 15.9 Å². The summed E-state index contributed by atoms with van der Waals surface area (Å²) in [4.78, 5) is 12.3. The molecular formula is C24H24N2O4S. The molecule has 1 N–H and O–H groups in total. The molecule has 0 spiro atoms. The molecule has 6 nitrogen and oxygen atoms in total. The van der Waals surface area contributed by atoms with Gasteiger partial charge in [0, 0.05) is 19.5 Å². The smallest absolute Gasteiger partial charge is 0.243 e. The monoisotopic (exact) mass is 436 g/mol. The summed E-state index contributed by atoms with van der Waals surface area (Å²) < 4.78 is 34.1. The molecule has 0 radical (unpaired) electrons. The van der Waals surface area contributed by atoms with Crippen molar-refractivity contribution in [2.45, 2.75) is 24.0 Å². The number of ether oxygens (including phenoxy) is 1. The van der Waals surface area contributed by atoms with Crippen LogP contribution in [0.25, 0.3) is 0 Å². The molecule has 7 heteroatoms. The molecule has 0 aliphatic carbocycles. The Kier molecular flexibility index (Phi) is 6.34. The van der Waals surface area contributed by atoms with Crippen molar-refractivity contribution in [1.29, 1.82) is 0 Å². The average Bonchev–Trinajstić information content (AvgIpc) is 3.01. The van der Waals surface area contributed by atoms with E-state index in [-0.39, 0.29) is 30.3 Å². The van der Waals surface area contributed by atoms with E-state index in [1.807, 2.05) is 60.7 Å². The molecule has 31 heavy (non-hydrogen) atoms. The summed E-state index contributed by atoms with van der Waals surface area (Å²) >= 11 is 0. The summed E-state index contributed by atoms with van der Waals surface area (Å²) in [6.07, 6.45) is 0.0848. The van der Waals surface area contributed by atoms with Gasteiger partial charge in [0.05, 0.1) is 10.9 Å². The van der Waals surface area contributed by atoms with Crippen LogP contribution in [0.15, 0.2) is 89.8 Å². The maximum Gasteiger partial charge on any atom is 0.243 e. The van der Waals surface area contributed by atoms with E-state index >= 15 is 0 Å². The lowest BCUT2D eigenvalue weighted by Gasteiger charge is -2.28. The molecule has 1 atom stereocenters. The van der Waals surface area contributed by atoms with Gasteiger partial charge in [-0.05, 0) is 35.4 Å². The van der Waals surface area contributed by atoms with Crippen LogP contribution in [0.5, 0.6) is 5.75 Å². The fourth-order valence-electron chi connectivity index (χ4n) is 3.64. The predicted molar refractivity (Wildman–Crippen MR) is 118 cm³/mol. The van der Waals surface area contributed by atoms with Crippen molar-refractivity contribution >= 4 is 15.9 Å². The van der Waals surface area contributed by atoms with E-state index in [0.717, 1.165) is 11.1 Å². The van der Waals surface area contributed by atoms with Gasteiger partial charge in [-0.15, -0.1) is 0 Å². The lowest BCUT2D eigenvalue weighted by Crippen LogP contribution is -2.36. The van der Waals surface area contributed by atoms with E-state index in [2.05, 4.69) is 5.32 Å². The quantitative estimate of drug-likeness (QED) is 0.642. The van der Waals surface area contributed by atoms with Gasteiger partial charge in [0.25, 0.3) is 0 Å². The summed E-state index contributed by atoms with van der Waals surface area (Å²) in [5.41, 5.74) is 1.83. The summed E-state index contributed by atoms with van der Waals surface area (Å²) in [6, 6.07) is 24.9. The van der Waals surface area contributed by atoms with Gasteiger partial charge in [-0.25, -0.2) is 8.42 Å². The van der Waals surface area contributed by atoms with Gasteiger partial charge < -0.3 is 10.1 Å². The first-order chi connectivity index (χ1) is 15.0. The Balaban J connectivity index is 1.56. The number of benzene rings is 3. The number of nitrogens with one attached hydrogen (secondary N) is 1. The molecule has 1 fully saturated rings. The molecule has 1 saturated heterocycles. The van der Waals surface area contributed by atoms with Crippen molar-refractivity contribution in [2.75, 3.05) is 13.1 Å². The topological polar surface area (TPSA) is 75.7 Å². The number of sulfonamides is 1. The zero-order chi connectivity index (χ0) is 21.7. The van der Waals surface area contributed by atoms with Gasteiger partial charge in [-0.3, -0.25) is 4.79 Å². The van der Waals surface area contributed by atoms with E-state index in [1.165, 1.54) is 4.31 Å². The highest BCUT2D eigenvalue weighted by atomic mass is 32.2. The molecule has 1 amide bonds. The summed E-state index contributed by atoms with van der Waals surface area (Å²) in [5.74, 6) is 0.436. The average molecular weight is 437 g/mol. The van der Waals surface area contributed by atoms with Gasteiger partial charge >= 0.3 is 0 Å². The van der Waals surface area contributed by atoms with E-state index in [9.17, 15) is 13.2 Å². The van der Waals surface area contributed by atoms with Crippen molar-refractivity contribution in [1.82, 2.24) is 9.62 Å². The number of carbonyl (C=O) groups is 1. The SMILES string of the molecule is O=C1CC(c2ccccc2)N(S(=O)(=O)c2ccc(OCc3ccccc3)cc2)CCN1. The maximum absolute atomic E-state index is 13.5. The Morgan fingerprint density at radius 2 is 1.55 bits per heavy atom. The molecule has 1 aliphatic rings. The number of amides is 1.